The number of rotatable bonds is 3. The molecule has 0 bridgehead atoms. The van der Waals surface area contributed by atoms with Gasteiger partial charge in [-0.2, -0.15) is 0 Å². The summed E-state index contributed by atoms with van der Waals surface area (Å²) in [7, 11) is 0. The molecular formula is C18H17N3O. The summed E-state index contributed by atoms with van der Waals surface area (Å²) >= 11 is 0. The number of nitrogens with zero attached hydrogens (tertiary/aromatic N) is 1. The number of hydrogen-bond donors (Lipinski definition) is 2. The average Bonchev–Trinajstić information content (AvgIpc) is 2.82. The van der Waals surface area contributed by atoms with Crippen LogP contribution in [0.2, 0.25) is 0 Å². The molecule has 0 unspecified atom stereocenters. The maximum atomic E-state index is 12.7. The SMILES string of the molecule is Cc1cccc(C(=N)c2c(C)[nH]n(-c3ccccc3)c2=O)c1. The molecule has 1 heterocycles. The van der Waals surface area contributed by atoms with Crippen LogP contribution in [0.25, 0.3) is 5.69 Å². The normalized spacial score (nSPS) is 10.6. The Labute approximate surface area is 128 Å². The van der Waals surface area contributed by atoms with Gasteiger partial charge in [0.15, 0.2) is 0 Å². The van der Waals surface area contributed by atoms with Crippen LogP contribution < -0.4 is 5.56 Å². The summed E-state index contributed by atoms with van der Waals surface area (Å²) in [4.78, 5) is 12.7. The molecular weight excluding hydrogens is 274 g/mol. The number of H-pyrrole nitrogens is 1. The van der Waals surface area contributed by atoms with E-state index in [2.05, 4.69) is 5.10 Å². The Morgan fingerprint density at radius 3 is 2.45 bits per heavy atom. The largest absolute Gasteiger partial charge is 0.299 e. The molecule has 0 fully saturated rings. The molecule has 0 aliphatic rings. The maximum absolute atomic E-state index is 12.7. The first-order chi connectivity index (χ1) is 10.6. The Hall–Kier alpha value is -2.88. The fraction of sp³-hybridized carbons (Fsp3) is 0.111. The molecule has 2 N–H and O–H groups in total. The van der Waals surface area contributed by atoms with Crippen LogP contribution in [0.4, 0.5) is 0 Å². The van der Waals surface area contributed by atoms with Crippen LogP contribution in [0, 0.1) is 19.3 Å². The molecule has 3 rings (SSSR count). The van der Waals surface area contributed by atoms with E-state index in [1.165, 1.54) is 4.68 Å². The number of para-hydroxylation sites is 1. The van der Waals surface area contributed by atoms with Crippen molar-refractivity contribution < 1.29 is 0 Å². The third-order valence-electron chi connectivity index (χ3n) is 3.64. The van der Waals surface area contributed by atoms with Gasteiger partial charge >= 0.3 is 0 Å². The number of nitrogens with one attached hydrogen (secondary N) is 2. The number of benzene rings is 2. The third-order valence-corrected chi connectivity index (χ3v) is 3.64. The second kappa shape index (κ2) is 5.48. The summed E-state index contributed by atoms with van der Waals surface area (Å²) in [5, 5.41) is 11.4. The van der Waals surface area contributed by atoms with Gasteiger partial charge in [0.25, 0.3) is 5.56 Å². The lowest BCUT2D eigenvalue weighted by molar-refractivity contribution is 0.835. The Morgan fingerprint density at radius 2 is 1.77 bits per heavy atom. The molecule has 110 valence electrons. The molecule has 0 amide bonds. The molecule has 0 spiro atoms. The molecule has 0 saturated heterocycles. The quantitative estimate of drug-likeness (QED) is 0.715. The second-order valence-corrected chi connectivity index (χ2v) is 5.33. The van der Waals surface area contributed by atoms with Crippen molar-refractivity contribution in [2.24, 2.45) is 0 Å². The summed E-state index contributed by atoms with van der Waals surface area (Å²) in [5.74, 6) is 0. The summed E-state index contributed by atoms with van der Waals surface area (Å²) < 4.78 is 1.48. The predicted octanol–water partition coefficient (Wildman–Crippen LogP) is 3.20. The third kappa shape index (κ3) is 2.39. The van der Waals surface area contributed by atoms with Gasteiger partial charge in [0.1, 0.15) is 0 Å². The lowest BCUT2D eigenvalue weighted by Crippen LogP contribution is -2.20. The summed E-state index contributed by atoms with van der Waals surface area (Å²) in [6, 6.07) is 17.0. The minimum Gasteiger partial charge on any atom is -0.299 e. The molecule has 0 saturated carbocycles. The van der Waals surface area contributed by atoms with Crippen LogP contribution in [0.5, 0.6) is 0 Å². The monoisotopic (exact) mass is 291 g/mol. The average molecular weight is 291 g/mol. The van der Waals surface area contributed by atoms with Gasteiger partial charge in [0, 0.05) is 11.3 Å². The first-order valence-electron chi connectivity index (χ1n) is 7.11. The number of aryl methyl sites for hydroxylation is 2. The van der Waals surface area contributed by atoms with E-state index in [1.807, 2.05) is 68.4 Å². The highest BCUT2D eigenvalue weighted by atomic mass is 16.1. The van der Waals surface area contributed by atoms with E-state index in [4.69, 9.17) is 5.41 Å². The van der Waals surface area contributed by atoms with Gasteiger partial charge in [-0.15, -0.1) is 0 Å². The van der Waals surface area contributed by atoms with Crippen LogP contribution >= 0.6 is 0 Å². The van der Waals surface area contributed by atoms with Crippen molar-refractivity contribution in [3.05, 3.63) is 87.3 Å². The van der Waals surface area contributed by atoms with Crippen molar-refractivity contribution in [2.75, 3.05) is 0 Å². The molecule has 1 aromatic heterocycles. The van der Waals surface area contributed by atoms with Crippen LogP contribution in [-0.2, 0) is 0 Å². The first-order valence-corrected chi connectivity index (χ1v) is 7.11. The van der Waals surface area contributed by atoms with Crippen LogP contribution in [0.3, 0.4) is 0 Å². The zero-order valence-electron chi connectivity index (χ0n) is 12.6. The molecule has 0 atom stereocenters. The van der Waals surface area contributed by atoms with Crippen molar-refractivity contribution in [1.29, 1.82) is 5.41 Å². The predicted molar refractivity (Wildman–Crippen MR) is 88.2 cm³/mol. The number of hydrogen-bond acceptors (Lipinski definition) is 2. The molecule has 4 heteroatoms. The fourth-order valence-corrected chi connectivity index (χ4v) is 2.54. The Balaban J connectivity index is 2.11. The van der Waals surface area contributed by atoms with E-state index < -0.39 is 0 Å². The van der Waals surface area contributed by atoms with Gasteiger partial charge in [0.05, 0.1) is 17.0 Å². The molecule has 3 aromatic rings. The van der Waals surface area contributed by atoms with E-state index in [1.54, 1.807) is 0 Å². The van der Waals surface area contributed by atoms with Crippen molar-refractivity contribution in [3.8, 4) is 5.69 Å². The zero-order valence-corrected chi connectivity index (χ0v) is 12.6. The summed E-state index contributed by atoms with van der Waals surface area (Å²) in [5.41, 5.74) is 3.74. The highest BCUT2D eigenvalue weighted by Gasteiger charge is 2.17. The zero-order chi connectivity index (χ0) is 15.7. The van der Waals surface area contributed by atoms with E-state index in [9.17, 15) is 4.79 Å². The Morgan fingerprint density at radius 1 is 1.05 bits per heavy atom. The first kappa shape index (κ1) is 14.1. The summed E-state index contributed by atoms with van der Waals surface area (Å²) in [6.45, 7) is 3.80. The van der Waals surface area contributed by atoms with Gasteiger partial charge in [-0.05, 0) is 32.0 Å². The van der Waals surface area contributed by atoms with Crippen molar-refractivity contribution >= 4 is 5.71 Å². The van der Waals surface area contributed by atoms with Gasteiger partial charge in [-0.3, -0.25) is 15.3 Å². The highest BCUT2D eigenvalue weighted by molar-refractivity contribution is 6.11. The minimum atomic E-state index is -0.199. The lowest BCUT2D eigenvalue weighted by Gasteiger charge is -2.03. The van der Waals surface area contributed by atoms with Gasteiger partial charge in [-0.25, -0.2) is 4.68 Å². The fourth-order valence-electron chi connectivity index (χ4n) is 2.54. The van der Waals surface area contributed by atoms with Gasteiger partial charge in [-0.1, -0.05) is 42.0 Å². The number of aromatic amines is 1. The molecule has 4 nitrogen and oxygen atoms in total. The van der Waals surface area contributed by atoms with Crippen molar-refractivity contribution in [2.45, 2.75) is 13.8 Å². The molecule has 22 heavy (non-hydrogen) atoms. The Kier molecular flexibility index (Phi) is 3.51. The molecule has 2 aromatic carbocycles. The van der Waals surface area contributed by atoms with Crippen LogP contribution in [-0.4, -0.2) is 15.5 Å². The van der Waals surface area contributed by atoms with E-state index in [-0.39, 0.29) is 11.3 Å². The van der Waals surface area contributed by atoms with E-state index in [0.29, 0.717) is 11.3 Å². The smallest absolute Gasteiger partial charge is 0.280 e. The minimum absolute atomic E-state index is 0.199. The number of aromatic nitrogens is 2. The molecule has 0 aliphatic carbocycles. The van der Waals surface area contributed by atoms with Gasteiger partial charge in [0.2, 0.25) is 0 Å². The van der Waals surface area contributed by atoms with Crippen molar-refractivity contribution in [1.82, 2.24) is 9.78 Å². The Bertz CT molecular complexity index is 888. The second-order valence-electron chi connectivity index (χ2n) is 5.33. The molecule has 0 radical (unpaired) electrons. The highest BCUT2D eigenvalue weighted by Crippen LogP contribution is 2.13. The summed E-state index contributed by atoms with van der Waals surface area (Å²) in [6.07, 6.45) is 0. The van der Waals surface area contributed by atoms with Gasteiger partial charge < -0.3 is 0 Å². The van der Waals surface area contributed by atoms with Crippen LogP contribution in [0.15, 0.2) is 59.4 Å². The topological polar surface area (TPSA) is 61.6 Å². The molecule has 0 aliphatic heterocycles. The van der Waals surface area contributed by atoms with Crippen molar-refractivity contribution in [3.63, 3.8) is 0 Å². The standard InChI is InChI=1S/C18H17N3O/c1-12-7-6-8-14(11-12)17(19)16-13(2)20-21(18(16)22)15-9-4-3-5-10-15/h3-11,19-20H,1-2H3. The van der Waals surface area contributed by atoms with E-state index >= 15 is 0 Å². The maximum Gasteiger partial charge on any atom is 0.280 e. The lowest BCUT2D eigenvalue weighted by atomic mass is 10.0. The van der Waals surface area contributed by atoms with Crippen LogP contribution in [0.1, 0.15) is 22.4 Å². The van der Waals surface area contributed by atoms with E-state index in [0.717, 1.165) is 16.8 Å².